The van der Waals surface area contributed by atoms with Crippen LogP contribution < -0.4 is 5.32 Å². The lowest BCUT2D eigenvalue weighted by Gasteiger charge is -2.18. The lowest BCUT2D eigenvalue weighted by molar-refractivity contribution is 0.287. The molecule has 2 aromatic rings. The van der Waals surface area contributed by atoms with Crippen LogP contribution in [0.25, 0.3) is 10.1 Å². The second-order valence-corrected chi connectivity index (χ2v) is 6.23. The van der Waals surface area contributed by atoms with E-state index in [1.165, 1.54) is 21.4 Å². The van der Waals surface area contributed by atoms with E-state index >= 15 is 0 Å². The Labute approximate surface area is 117 Å². The highest BCUT2D eigenvalue weighted by Crippen LogP contribution is 2.35. The minimum absolute atomic E-state index is 0.952. The van der Waals surface area contributed by atoms with Crippen LogP contribution in [0, 0.1) is 0 Å². The number of nitrogens with zero attached hydrogens (tertiary/aromatic N) is 1. The summed E-state index contributed by atoms with van der Waals surface area (Å²) in [6.07, 6.45) is 1.22. The zero-order chi connectivity index (χ0) is 12.4. The fraction of sp³-hybridized carbons (Fsp3) is 0.429. The Bertz CT molecular complexity index is 530. The number of hydrogen-bond acceptors (Lipinski definition) is 3. The van der Waals surface area contributed by atoms with Crippen molar-refractivity contribution in [3.63, 3.8) is 0 Å². The standard InChI is InChI=1S/C14H17ClN2S/c15-14-11-4-1-2-5-12(11)18-13(14)10-17-8-3-6-16-7-9-17/h1-2,4-5,16H,3,6-10H2. The molecular weight excluding hydrogens is 264 g/mol. The van der Waals surface area contributed by atoms with E-state index in [9.17, 15) is 0 Å². The zero-order valence-corrected chi connectivity index (χ0v) is 11.9. The molecule has 0 saturated carbocycles. The second-order valence-electron chi connectivity index (χ2n) is 4.72. The van der Waals surface area contributed by atoms with Crippen LogP contribution in [0.5, 0.6) is 0 Å². The van der Waals surface area contributed by atoms with Crippen LogP contribution in [-0.4, -0.2) is 31.1 Å². The summed E-state index contributed by atoms with van der Waals surface area (Å²) in [6, 6.07) is 8.40. The molecule has 4 heteroatoms. The molecule has 0 radical (unpaired) electrons. The molecule has 0 aliphatic carbocycles. The molecule has 96 valence electrons. The molecule has 1 aromatic heterocycles. The monoisotopic (exact) mass is 280 g/mol. The van der Waals surface area contributed by atoms with Gasteiger partial charge in [0.05, 0.1) is 5.02 Å². The number of fused-ring (bicyclic) bond motifs is 1. The highest BCUT2D eigenvalue weighted by molar-refractivity contribution is 7.19. The lowest BCUT2D eigenvalue weighted by atomic mass is 10.2. The van der Waals surface area contributed by atoms with Crippen LogP contribution in [0.2, 0.25) is 5.02 Å². The first-order chi connectivity index (χ1) is 8.84. The van der Waals surface area contributed by atoms with Gasteiger partial charge in [0.1, 0.15) is 0 Å². The summed E-state index contributed by atoms with van der Waals surface area (Å²) in [7, 11) is 0. The summed E-state index contributed by atoms with van der Waals surface area (Å²) in [4.78, 5) is 3.80. The molecule has 2 nitrogen and oxygen atoms in total. The molecule has 1 N–H and O–H groups in total. The van der Waals surface area contributed by atoms with E-state index in [-0.39, 0.29) is 0 Å². The molecule has 2 heterocycles. The molecule has 3 rings (SSSR count). The Kier molecular flexibility index (Phi) is 3.85. The van der Waals surface area contributed by atoms with E-state index in [2.05, 4.69) is 34.5 Å². The van der Waals surface area contributed by atoms with E-state index in [4.69, 9.17) is 11.6 Å². The average molecular weight is 281 g/mol. The van der Waals surface area contributed by atoms with E-state index in [1.54, 1.807) is 0 Å². The number of benzene rings is 1. The first kappa shape index (κ1) is 12.4. The lowest BCUT2D eigenvalue weighted by Crippen LogP contribution is -2.27. The van der Waals surface area contributed by atoms with Crippen molar-refractivity contribution in [3.05, 3.63) is 34.2 Å². The largest absolute Gasteiger partial charge is 0.315 e. The van der Waals surface area contributed by atoms with Crippen LogP contribution in [0.15, 0.2) is 24.3 Å². The number of halogens is 1. The Morgan fingerprint density at radius 2 is 2.11 bits per heavy atom. The predicted octanol–water partition coefficient (Wildman–Crippen LogP) is 3.35. The van der Waals surface area contributed by atoms with E-state index in [0.717, 1.165) is 37.7 Å². The molecule has 0 bridgehead atoms. The number of hydrogen-bond donors (Lipinski definition) is 1. The topological polar surface area (TPSA) is 15.3 Å². The van der Waals surface area contributed by atoms with Gasteiger partial charge in [-0.25, -0.2) is 0 Å². The summed E-state index contributed by atoms with van der Waals surface area (Å²) in [6.45, 7) is 5.49. The van der Waals surface area contributed by atoms with Crippen molar-refractivity contribution in [2.24, 2.45) is 0 Å². The van der Waals surface area contributed by atoms with Crippen molar-refractivity contribution >= 4 is 33.0 Å². The first-order valence-electron chi connectivity index (χ1n) is 6.43. The summed E-state index contributed by atoms with van der Waals surface area (Å²) >= 11 is 8.32. The van der Waals surface area contributed by atoms with Gasteiger partial charge >= 0.3 is 0 Å². The van der Waals surface area contributed by atoms with Crippen molar-refractivity contribution in [3.8, 4) is 0 Å². The van der Waals surface area contributed by atoms with Crippen molar-refractivity contribution in [2.45, 2.75) is 13.0 Å². The Balaban J connectivity index is 1.83. The SMILES string of the molecule is Clc1c(CN2CCCNCC2)sc2ccccc12. The quantitative estimate of drug-likeness (QED) is 0.908. The molecule has 1 aromatic carbocycles. The highest BCUT2D eigenvalue weighted by atomic mass is 35.5. The van der Waals surface area contributed by atoms with E-state index in [0.29, 0.717) is 0 Å². The number of rotatable bonds is 2. The fourth-order valence-corrected chi connectivity index (χ4v) is 3.96. The Morgan fingerprint density at radius 1 is 1.22 bits per heavy atom. The van der Waals surface area contributed by atoms with Crippen LogP contribution in [0.1, 0.15) is 11.3 Å². The van der Waals surface area contributed by atoms with Gasteiger partial charge in [-0.2, -0.15) is 0 Å². The van der Waals surface area contributed by atoms with Gasteiger partial charge in [-0.1, -0.05) is 29.8 Å². The minimum Gasteiger partial charge on any atom is -0.315 e. The number of nitrogens with one attached hydrogen (secondary N) is 1. The van der Waals surface area contributed by atoms with E-state index < -0.39 is 0 Å². The number of thiophene rings is 1. The molecule has 1 aliphatic heterocycles. The smallest absolute Gasteiger partial charge is 0.0637 e. The summed E-state index contributed by atoms with van der Waals surface area (Å²) in [5.41, 5.74) is 0. The van der Waals surface area contributed by atoms with Gasteiger partial charge in [-0.15, -0.1) is 11.3 Å². The normalized spacial score (nSPS) is 18.1. The van der Waals surface area contributed by atoms with Crippen LogP contribution in [-0.2, 0) is 6.54 Å². The molecular formula is C14H17ClN2S. The van der Waals surface area contributed by atoms with Crippen molar-refractivity contribution < 1.29 is 0 Å². The van der Waals surface area contributed by atoms with Gasteiger partial charge in [-0.05, 0) is 25.6 Å². The van der Waals surface area contributed by atoms with Gasteiger partial charge in [0, 0.05) is 34.6 Å². The van der Waals surface area contributed by atoms with Crippen LogP contribution in [0.3, 0.4) is 0 Å². The first-order valence-corrected chi connectivity index (χ1v) is 7.63. The molecule has 0 atom stereocenters. The molecule has 0 unspecified atom stereocenters. The van der Waals surface area contributed by atoms with Gasteiger partial charge in [0.2, 0.25) is 0 Å². The van der Waals surface area contributed by atoms with Gasteiger partial charge in [0.15, 0.2) is 0 Å². The van der Waals surface area contributed by atoms with Crippen molar-refractivity contribution in [1.82, 2.24) is 10.2 Å². The maximum absolute atomic E-state index is 6.49. The molecule has 1 aliphatic rings. The summed E-state index contributed by atoms with van der Waals surface area (Å²) < 4.78 is 1.30. The fourth-order valence-electron chi connectivity index (χ4n) is 2.43. The Morgan fingerprint density at radius 3 is 3.00 bits per heavy atom. The third-order valence-corrected chi connectivity index (χ3v) is 5.10. The highest BCUT2D eigenvalue weighted by Gasteiger charge is 2.14. The van der Waals surface area contributed by atoms with Crippen LogP contribution >= 0.6 is 22.9 Å². The predicted molar refractivity (Wildman–Crippen MR) is 79.6 cm³/mol. The minimum atomic E-state index is 0.952. The Hall–Kier alpha value is -0.610. The molecule has 1 saturated heterocycles. The summed E-state index contributed by atoms with van der Waals surface area (Å²) in [5.74, 6) is 0. The van der Waals surface area contributed by atoms with Gasteiger partial charge < -0.3 is 5.32 Å². The van der Waals surface area contributed by atoms with Gasteiger partial charge in [0.25, 0.3) is 0 Å². The molecule has 1 fully saturated rings. The molecule has 0 spiro atoms. The van der Waals surface area contributed by atoms with Gasteiger partial charge in [-0.3, -0.25) is 4.90 Å². The molecule has 18 heavy (non-hydrogen) atoms. The van der Waals surface area contributed by atoms with Crippen molar-refractivity contribution in [1.29, 1.82) is 0 Å². The third-order valence-electron chi connectivity index (χ3n) is 3.40. The average Bonchev–Trinajstić information content (AvgIpc) is 2.58. The van der Waals surface area contributed by atoms with Crippen molar-refractivity contribution in [2.75, 3.05) is 26.2 Å². The molecule has 0 amide bonds. The zero-order valence-electron chi connectivity index (χ0n) is 10.3. The maximum atomic E-state index is 6.49. The van der Waals surface area contributed by atoms with E-state index in [1.807, 2.05) is 11.3 Å². The second kappa shape index (κ2) is 5.57. The van der Waals surface area contributed by atoms with Crippen LogP contribution in [0.4, 0.5) is 0 Å². The maximum Gasteiger partial charge on any atom is 0.0637 e. The summed E-state index contributed by atoms with van der Waals surface area (Å²) in [5, 5.41) is 5.59. The third kappa shape index (κ3) is 2.54.